The molecule has 1 aliphatic carbocycles. The molecule has 1 fully saturated rings. The van der Waals surface area contributed by atoms with E-state index in [0.29, 0.717) is 17.0 Å². The van der Waals surface area contributed by atoms with Gasteiger partial charge in [0.2, 0.25) is 0 Å². The van der Waals surface area contributed by atoms with Gasteiger partial charge in [0.15, 0.2) is 0 Å². The number of benzene rings is 1. The van der Waals surface area contributed by atoms with Crippen molar-refractivity contribution < 1.29 is 13.5 Å². The van der Waals surface area contributed by atoms with E-state index in [9.17, 15) is 14.0 Å². The molecule has 0 saturated heterocycles. The maximum atomic E-state index is 12.7. The summed E-state index contributed by atoms with van der Waals surface area (Å²) in [4.78, 5) is 2.26. The standard InChI is InChI=1S/C22H23F2N3O/c1-14(2)26-11-4-3-8-20(26)21-18(13-25)17-12-16(28-22(23)24)9-10-19(17)27(21)15-6-5-7-15/h3-4,8-10,12,14-15,22H,5-7,11H2,1-2H3. The lowest BCUT2D eigenvalue weighted by atomic mass is 9.92. The summed E-state index contributed by atoms with van der Waals surface area (Å²) >= 11 is 0. The normalized spacial score (nSPS) is 17.2. The van der Waals surface area contributed by atoms with E-state index in [2.05, 4.69) is 40.2 Å². The minimum atomic E-state index is -2.89. The minimum Gasteiger partial charge on any atom is -0.435 e. The lowest BCUT2D eigenvalue weighted by Crippen LogP contribution is -2.32. The molecule has 0 atom stereocenters. The predicted molar refractivity (Wildman–Crippen MR) is 105 cm³/mol. The largest absolute Gasteiger partial charge is 0.435 e. The fraction of sp³-hybridized carbons (Fsp3) is 0.409. The molecule has 4 rings (SSSR count). The molecular weight excluding hydrogens is 360 g/mol. The lowest BCUT2D eigenvalue weighted by Gasteiger charge is -2.36. The van der Waals surface area contributed by atoms with Crippen molar-refractivity contribution in [3.8, 4) is 11.8 Å². The van der Waals surface area contributed by atoms with E-state index in [-0.39, 0.29) is 11.8 Å². The highest BCUT2D eigenvalue weighted by Gasteiger charge is 2.31. The molecule has 6 heteroatoms. The fourth-order valence-electron chi connectivity index (χ4n) is 4.09. The number of rotatable bonds is 5. The summed E-state index contributed by atoms with van der Waals surface area (Å²) in [6, 6.07) is 7.86. The molecule has 0 bridgehead atoms. The van der Waals surface area contributed by atoms with Crippen molar-refractivity contribution in [3.63, 3.8) is 0 Å². The van der Waals surface area contributed by atoms with Crippen molar-refractivity contribution in [3.05, 3.63) is 47.7 Å². The van der Waals surface area contributed by atoms with Crippen LogP contribution in [0.15, 0.2) is 36.4 Å². The van der Waals surface area contributed by atoms with Crippen LogP contribution in [0.25, 0.3) is 16.6 Å². The molecule has 0 amide bonds. The number of nitrogens with zero attached hydrogens (tertiary/aromatic N) is 3. The average molecular weight is 383 g/mol. The summed E-state index contributed by atoms with van der Waals surface area (Å²) in [7, 11) is 0. The van der Waals surface area contributed by atoms with Crippen LogP contribution in [0.2, 0.25) is 0 Å². The van der Waals surface area contributed by atoms with Gasteiger partial charge in [-0.25, -0.2) is 0 Å². The molecule has 0 spiro atoms. The maximum Gasteiger partial charge on any atom is 0.387 e. The summed E-state index contributed by atoms with van der Waals surface area (Å²) in [5.41, 5.74) is 3.31. The average Bonchev–Trinajstić information content (AvgIpc) is 2.93. The topological polar surface area (TPSA) is 41.2 Å². The van der Waals surface area contributed by atoms with Gasteiger partial charge in [-0.05, 0) is 57.4 Å². The number of alkyl halides is 2. The van der Waals surface area contributed by atoms with Gasteiger partial charge in [-0.3, -0.25) is 0 Å². The van der Waals surface area contributed by atoms with Crippen LogP contribution >= 0.6 is 0 Å². The van der Waals surface area contributed by atoms with Crippen LogP contribution in [0.5, 0.6) is 5.75 Å². The van der Waals surface area contributed by atoms with Crippen LogP contribution in [-0.4, -0.2) is 28.7 Å². The van der Waals surface area contributed by atoms with E-state index >= 15 is 0 Å². The molecule has 0 radical (unpaired) electrons. The van der Waals surface area contributed by atoms with E-state index < -0.39 is 6.61 Å². The number of ether oxygens (including phenoxy) is 1. The lowest BCUT2D eigenvalue weighted by molar-refractivity contribution is -0.0497. The molecule has 1 aromatic heterocycles. The number of aromatic nitrogens is 1. The molecule has 28 heavy (non-hydrogen) atoms. The van der Waals surface area contributed by atoms with E-state index in [0.717, 1.165) is 42.7 Å². The molecule has 0 unspecified atom stereocenters. The van der Waals surface area contributed by atoms with Gasteiger partial charge in [0.25, 0.3) is 0 Å². The summed E-state index contributed by atoms with van der Waals surface area (Å²) in [5.74, 6) is 0.0783. The number of allylic oxidation sites excluding steroid dienone is 2. The zero-order valence-electron chi connectivity index (χ0n) is 16.0. The second kappa shape index (κ2) is 7.31. The van der Waals surface area contributed by atoms with Crippen molar-refractivity contribution in [2.24, 2.45) is 0 Å². The van der Waals surface area contributed by atoms with Crippen LogP contribution in [0.3, 0.4) is 0 Å². The van der Waals surface area contributed by atoms with Gasteiger partial charge in [0, 0.05) is 24.0 Å². The molecule has 4 nitrogen and oxygen atoms in total. The molecule has 2 heterocycles. The highest BCUT2D eigenvalue weighted by atomic mass is 19.3. The Hall–Kier alpha value is -2.81. The third kappa shape index (κ3) is 3.05. The fourth-order valence-corrected chi connectivity index (χ4v) is 4.09. The van der Waals surface area contributed by atoms with Crippen molar-refractivity contribution in [2.45, 2.75) is 51.8 Å². The van der Waals surface area contributed by atoms with E-state index in [1.165, 1.54) is 0 Å². The highest BCUT2D eigenvalue weighted by molar-refractivity contribution is 5.94. The van der Waals surface area contributed by atoms with Crippen LogP contribution in [-0.2, 0) is 0 Å². The third-order valence-corrected chi connectivity index (χ3v) is 5.62. The second-order valence-corrected chi connectivity index (χ2v) is 7.57. The minimum absolute atomic E-state index is 0.0783. The monoisotopic (exact) mass is 383 g/mol. The van der Waals surface area contributed by atoms with E-state index in [1.54, 1.807) is 18.2 Å². The van der Waals surface area contributed by atoms with Gasteiger partial charge in [-0.2, -0.15) is 14.0 Å². The first-order valence-corrected chi connectivity index (χ1v) is 9.68. The number of hydrogen-bond donors (Lipinski definition) is 0. The number of halogens is 2. The molecule has 0 N–H and O–H groups in total. The van der Waals surface area contributed by atoms with Gasteiger partial charge in [0.1, 0.15) is 11.8 Å². The first-order valence-electron chi connectivity index (χ1n) is 9.68. The number of nitriles is 1. The van der Waals surface area contributed by atoms with Gasteiger partial charge < -0.3 is 14.2 Å². The van der Waals surface area contributed by atoms with Crippen LogP contribution in [0.4, 0.5) is 8.78 Å². The Morgan fingerprint density at radius 1 is 1.25 bits per heavy atom. The van der Waals surface area contributed by atoms with Gasteiger partial charge in [-0.15, -0.1) is 0 Å². The summed E-state index contributed by atoms with van der Waals surface area (Å²) in [5, 5.41) is 10.7. The molecule has 1 aliphatic heterocycles. The van der Waals surface area contributed by atoms with E-state index in [1.807, 2.05) is 12.2 Å². The van der Waals surface area contributed by atoms with Crippen molar-refractivity contribution >= 4 is 16.6 Å². The van der Waals surface area contributed by atoms with E-state index in [4.69, 9.17) is 0 Å². The Morgan fingerprint density at radius 2 is 2.04 bits per heavy atom. The molecule has 2 aromatic rings. The second-order valence-electron chi connectivity index (χ2n) is 7.57. The summed E-state index contributed by atoms with van der Waals surface area (Å²) in [6.07, 6.45) is 9.43. The summed E-state index contributed by atoms with van der Waals surface area (Å²) < 4.78 is 32.2. The zero-order valence-corrected chi connectivity index (χ0v) is 16.0. The molecule has 1 saturated carbocycles. The van der Waals surface area contributed by atoms with Crippen molar-refractivity contribution in [2.75, 3.05) is 6.54 Å². The first kappa shape index (κ1) is 18.5. The Balaban J connectivity index is 1.97. The predicted octanol–water partition coefficient (Wildman–Crippen LogP) is 5.46. The highest BCUT2D eigenvalue weighted by Crippen LogP contribution is 2.43. The molecular formula is C22H23F2N3O. The zero-order chi connectivity index (χ0) is 19.8. The van der Waals surface area contributed by atoms with Crippen molar-refractivity contribution in [1.82, 2.24) is 9.47 Å². The van der Waals surface area contributed by atoms with Crippen LogP contribution in [0.1, 0.15) is 50.4 Å². The molecule has 146 valence electrons. The third-order valence-electron chi connectivity index (χ3n) is 5.62. The van der Waals surface area contributed by atoms with Crippen LogP contribution < -0.4 is 4.74 Å². The SMILES string of the molecule is CC(C)N1CC=CC=C1c1c(C#N)c2cc(OC(F)F)ccc2n1C1CCC1. The van der Waals surface area contributed by atoms with Crippen molar-refractivity contribution in [1.29, 1.82) is 5.26 Å². The number of fused-ring (bicyclic) bond motifs is 1. The quantitative estimate of drug-likeness (QED) is 0.688. The summed E-state index contributed by atoms with van der Waals surface area (Å²) in [6.45, 7) is 2.15. The Bertz CT molecular complexity index is 993. The molecule has 2 aliphatic rings. The van der Waals surface area contributed by atoms with Gasteiger partial charge >= 0.3 is 6.61 Å². The first-order chi connectivity index (χ1) is 13.5. The Kier molecular flexibility index (Phi) is 4.84. The van der Waals surface area contributed by atoms with Gasteiger partial charge in [-0.1, -0.05) is 12.2 Å². The molecule has 1 aromatic carbocycles. The maximum absolute atomic E-state index is 12.7. The van der Waals surface area contributed by atoms with Crippen LogP contribution in [0, 0.1) is 11.3 Å². The number of hydrogen-bond acceptors (Lipinski definition) is 3. The Labute approximate surface area is 163 Å². The van der Waals surface area contributed by atoms with Gasteiger partial charge in [0.05, 0.1) is 22.5 Å². The Morgan fingerprint density at radius 3 is 2.64 bits per heavy atom. The smallest absolute Gasteiger partial charge is 0.387 e.